The van der Waals surface area contributed by atoms with Crippen LogP contribution in [-0.4, -0.2) is 39.2 Å². The van der Waals surface area contributed by atoms with Crippen LogP contribution in [-0.2, 0) is 26.8 Å². The molecule has 1 aromatic rings. The molecule has 1 aromatic carbocycles. The molecule has 2 unspecified atom stereocenters. The highest BCUT2D eigenvalue weighted by atomic mass is 32.2. The molecule has 0 fully saturated rings. The van der Waals surface area contributed by atoms with Crippen LogP contribution in [0.5, 0.6) is 0 Å². The Hall–Kier alpha value is -1.69. The van der Waals surface area contributed by atoms with Gasteiger partial charge in [0.1, 0.15) is 5.25 Å². The highest BCUT2D eigenvalue weighted by Crippen LogP contribution is 2.09. The molecule has 0 aromatic heterocycles. The monoisotopic (exact) mass is 283 g/mol. The molecular weight excluding hydrogens is 266 g/mol. The molecule has 0 heterocycles. The molecule has 1 rings (SSSR count). The van der Waals surface area contributed by atoms with Crippen molar-refractivity contribution in [3.63, 3.8) is 0 Å². The predicted octanol–water partition coefficient (Wildman–Crippen LogP) is 0.567. The van der Waals surface area contributed by atoms with Crippen molar-refractivity contribution in [3.05, 3.63) is 35.9 Å². The Labute approximate surface area is 114 Å². The average Bonchev–Trinajstić information content (AvgIpc) is 2.42. The normalized spacial score (nSPS) is 13.5. The third kappa shape index (κ3) is 5.21. The van der Waals surface area contributed by atoms with Gasteiger partial charge < -0.3 is 10.4 Å². The van der Waals surface area contributed by atoms with Crippen LogP contribution in [0.15, 0.2) is 30.3 Å². The van der Waals surface area contributed by atoms with Gasteiger partial charge in [-0.1, -0.05) is 30.3 Å². The van der Waals surface area contributed by atoms with Gasteiger partial charge in [-0.05, 0) is 12.0 Å². The molecule has 0 aliphatic rings. The summed E-state index contributed by atoms with van der Waals surface area (Å²) < 4.78 is 12.0. The molecule has 0 spiro atoms. The fourth-order valence-electron chi connectivity index (χ4n) is 1.58. The lowest BCUT2D eigenvalue weighted by atomic mass is 10.1. The first-order chi connectivity index (χ1) is 9.04. The minimum Gasteiger partial charge on any atom is -0.480 e. The van der Waals surface area contributed by atoms with E-state index in [1.165, 1.54) is 7.05 Å². The topological polar surface area (TPSA) is 83.5 Å². The highest BCUT2D eigenvalue weighted by molar-refractivity contribution is 7.86. The fourth-order valence-corrected chi connectivity index (χ4v) is 2.86. The summed E-state index contributed by atoms with van der Waals surface area (Å²) in [6, 6.07) is 9.04. The molecule has 0 radical (unpaired) electrons. The summed E-state index contributed by atoms with van der Waals surface area (Å²) in [5.74, 6) is -1.28. The quantitative estimate of drug-likeness (QED) is 0.766. The molecule has 5 nitrogen and oxygen atoms in total. The van der Waals surface area contributed by atoms with Crippen LogP contribution in [0.3, 0.4) is 0 Å². The van der Waals surface area contributed by atoms with Gasteiger partial charge in [0.05, 0.1) is 0 Å². The maximum Gasteiger partial charge on any atom is 0.319 e. The number of hydrogen-bond donors (Lipinski definition) is 2. The average molecular weight is 283 g/mol. The van der Waals surface area contributed by atoms with Crippen molar-refractivity contribution in [3.8, 4) is 0 Å². The van der Waals surface area contributed by atoms with Crippen molar-refractivity contribution in [2.75, 3.05) is 12.8 Å². The molecule has 1 amide bonds. The van der Waals surface area contributed by atoms with E-state index in [1.54, 1.807) is 12.1 Å². The summed E-state index contributed by atoms with van der Waals surface area (Å²) in [5, 5.41) is 10.6. The standard InChI is InChI=1S/C13H17NO4S/c1-14-12(15)7-8-19(18)11(13(16)17)9-10-5-3-2-4-6-10/h2-6,11H,7-9H2,1H3,(H,14,15)(H,16,17). The second-order valence-electron chi connectivity index (χ2n) is 4.02. The van der Waals surface area contributed by atoms with Crippen molar-refractivity contribution in [2.45, 2.75) is 18.1 Å². The van der Waals surface area contributed by atoms with Crippen molar-refractivity contribution < 1.29 is 18.9 Å². The SMILES string of the molecule is CNC(=O)CCS(=O)C(Cc1ccccc1)C(=O)O. The summed E-state index contributed by atoms with van der Waals surface area (Å²) in [6.07, 6.45) is 0.276. The van der Waals surface area contributed by atoms with E-state index in [9.17, 15) is 13.8 Å². The zero-order chi connectivity index (χ0) is 14.3. The lowest BCUT2D eigenvalue weighted by molar-refractivity contribution is -0.136. The molecule has 2 N–H and O–H groups in total. The lowest BCUT2D eigenvalue weighted by Crippen LogP contribution is -2.31. The zero-order valence-electron chi connectivity index (χ0n) is 10.7. The predicted molar refractivity (Wildman–Crippen MR) is 73.3 cm³/mol. The van der Waals surface area contributed by atoms with Gasteiger partial charge in [0.25, 0.3) is 0 Å². The summed E-state index contributed by atoms with van der Waals surface area (Å²) >= 11 is 0. The van der Waals surface area contributed by atoms with Crippen molar-refractivity contribution in [1.29, 1.82) is 0 Å². The van der Waals surface area contributed by atoms with E-state index in [0.29, 0.717) is 0 Å². The van der Waals surface area contributed by atoms with Gasteiger partial charge in [0.15, 0.2) is 0 Å². The zero-order valence-corrected chi connectivity index (χ0v) is 11.5. The summed E-state index contributed by atoms with van der Waals surface area (Å²) in [5.41, 5.74) is 0.822. The largest absolute Gasteiger partial charge is 0.480 e. The summed E-state index contributed by atoms with van der Waals surface area (Å²) in [4.78, 5) is 22.2. The smallest absolute Gasteiger partial charge is 0.319 e. The summed E-state index contributed by atoms with van der Waals surface area (Å²) in [7, 11) is -0.0810. The third-order valence-corrected chi connectivity index (χ3v) is 4.28. The van der Waals surface area contributed by atoms with Gasteiger partial charge in [-0.25, -0.2) is 0 Å². The number of rotatable bonds is 7. The molecule has 19 heavy (non-hydrogen) atoms. The number of amides is 1. The van der Waals surface area contributed by atoms with Gasteiger partial charge >= 0.3 is 5.97 Å². The minimum absolute atomic E-state index is 0.0590. The number of hydrogen-bond acceptors (Lipinski definition) is 3. The molecule has 6 heteroatoms. The maximum absolute atomic E-state index is 12.0. The van der Waals surface area contributed by atoms with Crippen LogP contribution in [0.1, 0.15) is 12.0 Å². The number of carboxylic acids is 1. The Morgan fingerprint density at radius 3 is 2.47 bits per heavy atom. The van der Waals surface area contributed by atoms with Gasteiger partial charge in [0.2, 0.25) is 5.91 Å². The van der Waals surface area contributed by atoms with E-state index >= 15 is 0 Å². The number of carbonyl (C=O) groups excluding carboxylic acids is 1. The molecule has 0 aliphatic carbocycles. The van der Waals surface area contributed by atoms with Crippen LogP contribution >= 0.6 is 0 Å². The molecular formula is C13H17NO4S. The Morgan fingerprint density at radius 1 is 1.32 bits per heavy atom. The van der Waals surface area contributed by atoms with E-state index in [-0.39, 0.29) is 24.5 Å². The summed E-state index contributed by atoms with van der Waals surface area (Å²) in [6.45, 7) is 0. The first-order valence-corrected chi connectivity index (χ1v) is 7.27. The van der Waals surface area contributed by atoms with Crippen LogP contribution in [0.2, 0.25) is 0 Å². The first-order valence-electron chi connectivity index (χ1n) is 5.89. The molecule has 0 aliphatic heterocycles. The number of carbonyl (C=O) groups is 2. The van der Waals surface area contributed by atoms with Gasteiger partial charge in [-0.15, -0.1) is 0 Å². The van der Waals surface area contributed by atoms with Gasteiger partial charge in [-0.3, -0.25) is 13.8 Å². The minimum atomic E-state index is -1.57. The molecule has 0 saturated heterocycles. The molecule has 104 valence electrons. The second kappa shape index (κ2) is 7.68. The van der Waals surface area contributed by atoms with Crippen LogP contribution in [0.4, 0.5) is 0 Å². The Bertz CT molecular complexity index is 461. The molecule has 2 atom stereocenters. The number of nitrogens with one attached hydrogen (secondary N) is 1. The Kier molecular flexibility index (Phi) is 6.21. The van der Waals surface area contributed by atoms with Crippen molar-refractivity contribution in [1.82, 2.24) is 5.32 Å². The van der Waals surface area contributed by atoms with E-state index in [1.807, 2.05) is 18.2 Å². The van der Waals surface area contributed by atoms with E-state index < -0.39 is 22.0 Å². The Morgan fingerprint density at radius 2 is 1.95 bits per heavy atom. The second-order valence-corrected chi connectivity index (χ2v) is 5.76. The molecule has 0 saturated carbocycles. The fraction of sp³-hybridized carbons (Fsp3) is 0.385. The maximum atomic E-state index is 12.0. The van der Waals surface area contributed by atoms with Gasteiger partial charge in [-0.2, -0.15) is 0 Å². The van der Waals surface area contributed by atoms with Crippen LogP contribution < -0.4 is 5.32 Å². The van der Waals surface area contributed by atoms with E-state index in [4.69, 9.17) is 5.11 Å². The first kappa shape index (κ1) is 15.4. The molecule has 0 bridgehead atoms. The number of benzene rings is 1. The van der Waals surface area contributed by atoms with Crippen molar-refractivity contribution in [2.24, 2.45) is 0 Å². The van der Waals surface area contributed by atoms with E-state index in [2.05, 4.69) is 5.32 Å². The Balaban J connectivity index is 2.65. The van der Waals surface area contributed by atoms with Crippen LogP contribution in [0.25, 0.3) is 0 Å². The van der Waals surface area contributed by atoms with Crippen molar-refractivity contribution >= 4 is 22.7 Å². The van der Waals surface area contributed by atoms with E-state index in [0.717, 1.165) is 5.56 Å². The lowest BCUT2D eigenvalue weighted by Gasteiger charge is -2.12. The third-order valence-electron chi connectivity index (χ3n) is 2.67. The van der Waals surface area contributed by atoms with Crippen LogP contribution in [0, 0.1) is 0 Å². The van der Waals surface area contributed by atoms with Gasteiger partial charge in [0, 0.05) is 30.0 Å². The highest BCUT2D eigenvalue weighted by Gasteiger charge is 2.25. The number of aliphatic carboxylic acids is 1. The number of carboxylic acid groups (broad SMARTS) is 1.